The maximum atomic E-state index is 13.0. The Morgan fingerprint density at radius 3 is 2.79 bits per heavy atom. The molecule has 0 spiro atoms. The van der Waals surface area contributed by atoms with Gasteiger partial charge in [-0.25, -0.2) is 9.37 Å². The molecule has 4 rings (SSSR count). The molecule has 1 N–H and O–H groups in total. The van der Waals surface area contributed by atoms with Gasteiger partial charge in [0.25, 0.3) is 5.91 Å². The molecule has 1 amide bonds. The number of carbonyl (C=O) groups excluding carboxylic acids is 1. The van der Waals surface area contributed by atoms with Crippen LogP contribution in [-0.2, 0) is 13.0 Å². The molecule has 0 fully saturated rings. The third-order valence-corrected chi connectivity index (χ3v) is 5.50. The van der Waals surface area contributed by atoms with Crippen molar-refractivity contribution in [3.05, 3.63) is 83.0 Å². The molecule has 0 saturated carbocycles. The SMILES string of the molecule is Cc1nc(-c2ccn(CCc3ccc(F)cc3)n2)sc1C(=O)Nc1cccnc1. The Morgan fingerprint density at radius 2 is 2.03 bits per heavy atom. The van der Waals surface area contributed by atoms with E-state index >= 15 is 0 Å². The third kappa shape index (κ3) is 4.55. The van der Waals surface area contributed by atoms with Crippen molar-refractivity contribution in [3.63, 3.8) is 0 Å². The summed E-state index contributed by atoms with van der Waals surface area (Å²) in [5.74, 6) is -0.451. The van der Waals surface area contributed by atoms with Gasteiger partial charge in [-0.3, -0.25) is 14.5 Å². The minimum atomic E-state index is -0.238. The smallest absolute Gasteiger partial charge is 0.267 e. The van der Waals surface area contributed by atoms with Gasteiger partial charge < -0.3 is 5.32 Å². The van der Waals surface area contributed by atoms with E-state index in [9.17, 15) is 9.18 Å². The summed E-state index contributed by atoms with van der Waals surface area (Å²) in [5, 5.41) is 8.08. The fraction of sp³-hybridized carbons (Fsp3) is 0.143. The van der Waals surface area contributed by atoms with Crippen molar-refractivity contribution < 1.29 is 9.18 Å². The molecule has 8 heteroatoms. The number of halogens is 1. The van der Waals surface area contributed by atoms with E-state index in [2.05, 4.69) is 20.4 Å². The first-order valence-electron chi connectivity index (χ1n) is 9.05. The number of amides is 1. The molecule has 29 heavy (non-hydrogen) atoms. The Morgan fingerprint density at radius 1 is 1.21 bits per heavy atom. The first-order chi connectivity index (χ1) is 14.1. The van der Waals surface area contributed by atoms with E-state index in [0.29, 0.717) is 27.8 Å². The van der Waals surface area contributed by atoms with Gasteiger partial charge in [0, 0.05) is 18.9 Å². The number of thiazole rings is 1. The van der Waals surface area contributed by atoms with Crippen molar-refractivity contribution in [2.24, 2.45) is 0 Å². The summed E-state index contributed by atoms with van der Waals surface area (Å²) in [7, 11) is 0. The number of nitrogens with zero attached hydrogens (tertiary/aromatic N) is 4. The average molecular weight is 407 g/mol. The Balaban J connectivity index is 1.44. The summed E-state index contributed by atoms with van der Waals surface area (Å²) in [5.41, 5.74) is 3.06. The summed E-state index contributed by atoms with van der Waals surface area (Å²) < 4.78 is 14.8. The van der Waals surface area contributed by atoms with Gasteiger partial charge >= 0.3 is 0 Å². The highest BCUT2D eigenvalue weighted by Crippen LogP contribution is 2.27. The highest BCUT2D eigenvalue weighted by atomic mass is 32.1. The second-order valence-corrected chi connectivity index (χ2v) is 7.47. The minimum Gasteiger partial charge on any atom is -0.320 e. The van der Waals surface area contributed by atoms with Gasteiger partial charge in [-0.15, -0.1) is 11.3 Å². The first kappa shape index (κ1) is 18.9. The lowest BCUT2D eigenvalue weighted by Gasteiger charge is -2.02. The number of pyridine rings is 1. The second-order valence-electron chi connectivity index (χ2n) is 6.47. The normalized spacial score (nSPS) is 10.8. The van der Waals surface area contributed by atoms with Gasteiger partial charge in [-0.1, -0.05) is 12.1 Å². The van der Waals surface area contributed by atoms with Gasteiger partial charge in [0.2, 0.25) is 0 Å². The molecule has 146 valence electrons. The Kier molecular flexibility index (Phi) is 5.44. The van der Waals surface area contributed by atoms with Crippen LogP contribution in [0.5, 0.6) is 0 Å². The zero-order valence-electron chi connectivity index (χ0n) is 15.7. The average Bonchev–Trinajstić information content (AvgIpc) is 3.35. The third-order valence-electron chi connectivity index (χ3n) is 4.32. The standard InChI is InChI=1S/C21H18FN5OS/c1-14-19(20(28)25-17-3-2-10-23-13-17)29-21(24-14)18-9-12-27(26-18)11-8-15-4-6-16(22)7-5-15/h2-7,9-10,12-13H,8,11H2,1H3,(H,25,28). The van der Waals surface area contributed by atoms with Crippen LogP contribution in [0.1, 0.15) is 20.9 Å². The number of hydrogen-bond acceptors (Lipinski definition) is 5. The van der Waals surface area contributed by atoms with Crippen LogP contribution in [0.2, 0.25) is 0 Å². The van der Waals surface area contributed by atoms with Crippen LogP contribution >= 0.6 is 11.3 Å². The van der Waals surface area contributed by atoms with Crippen molar-refractivity contribution in [1.29, 1.82) is 0 Å². The van der Waals surface area contributed by atoms with E-state index in [-0.39, 0.29) is 11.7 Å². The number of hydrogen-bond donors (Lipinski definition) is 1. The minimum absolute atomic E-state index is 0.213. The van der Waals surface area contributed by atoms with Gasteiger partial charge in [0.05, 0.1) is 17.6 Å². The summed E-state index contributed by atoms with van der Waals surface area (Å²) in [6.07, 6.45) is 5.87. The van der Waals surface area contributed by atoms with Crippen LogP contribution in [0.3, 0.4) is 0 Å². The Hall–Kier alpha value is -3.39. The van der Waals surface area contributed by atoms with Gasteiger partial charge in [0.1, 0.15) is 21.4 Å². The molecule has 3 heterocycles. The van der Waals surface area contributed by atoms with E-state index in [4.69, 9.17) is 0 Å². The van der Waals surface area contributed by atoms with Crippen molar-refractivity contribution in [1.82, 2.24) is 19.7 Å². The molecule has 1 aromatic carbocycles. The number of aromatic nitrogens is 4. The number of rotatable bonds is 6. The summed E-state index contributed by atoms with van der Waals surface area (Å²) in [6.45, 7) is 2.48. The summed E-state index contributed by atoms with van der Waals surface area (Å²) in [6, 6.07) is 11.9. The molecule has 3 aromatic heterocycles. The molecule has 0 saturated heterocycles. The van der Waals surface area contributed by atoms with Crippen molar-refractivity contribution in [2.45, 2.75) is 19.9 Å². The molecule has 4 aromatic rings. The Labute approximate surface area is 171 Å². The lowest BCUT2D eigenvalue weighted by atomic mass is 10.1. The van der Waals surface area contributed by atoms with Crippen LogP contribution in [0.15, 0.2) is 61.1 Å². The van der Waals surface area contributed by atoms with E-state index in [0.717, 1.165) is 17.7 Å². The number of benzene rings is 1. The molecule has 0 atom stereocenters. The topological polar surface area (TPSA) is 72.7 Å². The van der Waals surface area contributed by atoms with Crippen LogP contribution in [-0.4, -0.2) is 25.7 Å². The molecule has 0 bridgehead atoms. The highest BCUT2D eigenvalue weighted by molar-refractivity contribution is 7.17. The molecule has 0 unspecified atom stereocenters. The zero-order chi connectivity index (χ0) is 20.2. The van der Waals surface area contributed by atoms with Crippen molar-refractivity contribution in [2.75, 3.05) is 5.32 Å². The number of nitrogens with one attached hydrogen (secondary N) is 1. The predicted octanol–water partition coefficient (Wildman–Crippen LogP) is 4.34. The second kappa shape index (κ2) is 8.32. The first-order valence-corrected chi connectivity index (χ1v) is 9.87. The van der Waals surface area contributed by atoms with Crippen LogP contribution in [0.25, 0.3) is 10.7 Å². The maximum absolute atomic E-state index is 13.0. The lowest BCUT2D eigenvalue weighted by molar-refractivity contribution is 0.103. The van der Waals surface area contributed by atoms with Gasteiger partial charge in [-0.05, 0) is 49.2 Å². The molecular weight excluding hydrogens is 389 g/mol. The maximum Gasteiger partial charge on any atom is 0.267 e. The number of aryl methyl sites for hydroxylation is 3. The molecular formula is C21H18FN5OS. The number of anilines is 1. The predicted molar refractivity (Wildman–Crippen MR) is 110 cm³/mol. The zero-order valence-corrected chi connectivity index (χ0v) is 16.5. The quantitative estimate of drug-likeness (QED) is 0.516. The van der Waals surface area contributed by atoms with Crippen LogP contribution in [0.4, 0.5) is 10.1 Å². The van der Waals surface area contributed by atoms with Crippen LogP contribution in [0, 0.1) is 12.7 Å². The largest absolute Gasteiger partial charge is 0.320 e. The van der Waals surface area contributed by atoms with E-state index in [1.165, 1.54) is 23.5 Å². The summed E-state index contributed by atoms with van der Waals surface area (Å²) in [4.78, 5) is 21.6. The van der Waals surface area contributed by atoms with E-state index in [1.807, 2.05) is 23.9 Å². The van der Waals surface area contributed by atoms with Crippen molar-refractivity contribution in [3.8, 4) is 10.7 Å². The molecule has 6 nitrogen and oxygen atoms in total. The monoisotopic (exact) mass is 407 g/mol. The van der Waals surface area contributed by atoms with E-state index < -0.39 is 0 Å². The van der Waals surface area contributed by atoms with Gasteiger partial charge in [-0.2, -0.15) is 5.10 Å². The molecule has 0 radical (unpaired) electrons. The lowest BCUT2D eigenvalue weighted by Crippen LogP contribution is -2.11. The fourth-order valence-electron chi connectivity index (χ4n) is 2.84. The number of carbonyl (C=O) groups is 1. The molecule has 0 aliphatic rings. The van der Waals surface area contributed by atoms with E-state index in [1.54, 1.807) is 36.7 Å². The Bertz CT molecular complexity index is 1120. The van der Waals surface area contributed by atoms with Crippen molar-refractivity contribution >= 4 is 22.9 Å². The van der Waals surface area contributed by atoms with Crippen LogP contribution < -0.4 is 5.32 Å². The molecule has 0 aliphatic heterocycles. The molecule has 0 aliphatic carbocycles. The van der Waals surface area contributed by atoms with Gasteiger partial charge in [0.15, 0.2) is 0 Å². The highest BCUT2D eigenvalue weighted by Gasteiger charge is 2.17. The summed E-state index contributed by atoms with van der Waals surface area (Å²) >= 11 is 1.31. The fourth-order valence-corrected chi connectivity index (χ4v) is 3.76.